The first-order chi connectivity index (χ1) is 13.2. The summed E-state index contributed by atoms with van der Waals surface area (Å²) in [6, 6.07) is 1.88. The van der Waals surface area contributed by atoms with Crippen LogP contribution in [0.3, 0.4) is 0 Å². The highest BCUT2D eigenvalue weighted by Crippen LogP contribution is 2.23. The lowest BCUT2D eigenvalue weighted by molar-refractivity contribution is 0.0593. The molecule has 0 bridgehead atoms. The van der Waals surface area contributed by atoms with Gasteiger partial charge in [-0.15, -0.1) is 5.10 Å². The monoisotopic (exact) mass is 371 g/mol. The summed E-state index contributed by atoms with van der Waals surface area (Å²) in [6.07, 6.45) is 10.8. The first-order valence-electron chi connectivity index (χ1n) is 9.75. The van der Waals surface area contributed by atoms with Crippen molar-refractivity contribution in [2.75, 3.05) is 19.6 Å². The van der Waals surface area contributed by atoms with Crippen molar-refractivity contribution in [2.24, 2.45) is 0 Å². The highest BCUT2D eigenvalue weighted by atomic mass is 16.3. The van der Waals surface area contributed by atoms with E-state index in [4.69, 9.17) is 4.42 Å². The summed E-state index contributed by atoms with van der Waals surface area (Å²) in [5.41, 5.74) is 1.01. The quantitative estimate of drug-likeness (QED) is 0.804. The fraction of sp³-hybridized carbons (Fsp3) is 0.579. The third kappa shape index (κ3) is 3.89. The Kier molecular flexibility index (Phi) is 5.22. The molecule has 0 spiro atoms. The number of hydrogen-bond acceptors (Lipinski definition) is 5. The van der Waals surface area contributed by atoms with Gasteiger partial charge in [0.05, 0.1) is 18.0 Å². The van der Waals surface area contributed by atoms with Crippen LogP contribution in [0.2, 0.25) is 0 Å². The van der Waals surface area contributed by atoms with Crippen molar-refractivity contribution in [3.8, 4) is 0 Å². The fourth-order valence-electron chi connectivity index (χ4n) is 3.99. The van der Waals surface area contributed by atoms with Crippen molar-refractivity contribution >= 4 is 11.8 Å². The highest BCUT2D eigenvalue weighted by Gasteiger charge is 2.28. The smallest absolute Gasteiger partial charge is 0.276 e. The number of nitrogens with zero attached hydrogens (tertiary/aromatic N) is 5. The Morgan fingerprint density at radius 2 is 1.93 bits per heavy atom. The van der Waals surface area contributed by atoms with E-state index in [0.717, 1.165) is 58.2 Å². The average Bonchev–Trinajstić information content (AvgIpc) is 3.48. The second kappa shape index (κ2) is 7.94. The van der Waals surface area contributed by atoms with Crippen molar-refractivity contribution < 1.29 is 14.0 Å². The molecule has 0 N–H and O–H groups in total. The van der Waals surface area contributed by atoms with Crippen molar-refractivity contribution in [3.63, 3.8) is 0 Å². The Bertz CT molecular complexity index is 779. The number of likely N-dealkylation sites (tertiary alicyclic amines) is 2. The molecule has 0 aliphatic carbocycles. The predicted octanol–water partition coefficient (Wildman–Crippen LogP) is 2.19. The summed E-state index contributed by atoms with van der Waals surface area (Å²) in [4.78, 5) is 28.9. The Morgan fingerprint density at radius 3 is 2.70 bits per heavy atom. The van der Waals surface area contributed by atoms with Crippen LogP contribution in [0.1, 0.15) is 59.4 Å². The van der Waals surface area contributed by atoms with Crippen LogP contribution in [0, 0.1) is 0 Å². The van der Waals surface area contributed by atoms with Gasteiger partial charge in [0.1, 0.15) is 6.26 Å². The fourth-order valence-corrected chi connectivity index (χ4v) is 3.99. The molecule has 1 unspecified atom stereocenters. The van der Waals surface area contributed by atoms with Gasteiger partial charge in [-0.2, -0.15) is 0 Å². The summed E-state index contributed by atoms with van der Waals surface area (Å²) in [5.74, 6) is -0.00915. The minimum atomic E-state index is -0.0341. The van der Waals surface area contributed by atoms with Gasteiger partial charge in [-0.1, -0.05) is 5.21 Å². The van der Waals surface area contributed by atoms with E-state index in [-0.39, 0.29) is 17.9 Å². The largest absolute Gasteiger partial charge is 0.472 e. The molecule has 0 saturated carbocycles. The lowest BCUT2D eigenvalue weighted by Crippen LogP contribution is -2.44. The van der Waals surface area contributed by atoms with Gasteiger partial charge in [0.25, 0.3) is 11.8 Å². The molecule has 2 fully saturated rings. The van der Waals surface area contributed by atoms with Gasteiger partial charge in [-0.25, -0.2) is 0 Å². The van der Waals surface area contributed by atoms with Crippen molar-refractivity contribution in [3.05, 3.63) is 36.0 Å². The molecular formula is C19H25N5O3. The molecule has 2 amide bonds. The number of piperidine rings is 1. The first-order valence-corrected chi connectivity index (χ1v) is 9.75. The number of aryl methyl sites for hydroxylation is 1. The van der Waals surface area contributed by atoms with Gasteiger partial charge in [0.2, 0.25) is 0 Å². The van der Waals surface area contributed by atoms with E-state index < -0.39 is 0 Å². The molecule has 4 rings (SSSR count). The van der Waals surface area contributed by atoms with Crippen LogP contribution in [-0.4, -0.2) is 62.3 Å². The third-order valence-electron chi connectivity index (χ3n) is 5.50. The summed E-state index contributed by atoms with van der Waals surface area (Å²) in [6.45, 7) is 3.02. The van der Waals surface area contributed by atoms with Crippen LogP contribution < -0.4 is 0 Å². The van der Waals surface area contributed by atoms with Crippen LogP contribution in [0.4, 0.5) is 0 Å². The van der Waals surface area contributed by atoms with E-state index in [1.54, 1.807) is 16.9 Å². The number of carbonyl (C=O) groups is 2. The number of amides is 2. The Morgan fingerprint density at radius 1 is 1.11 bits per heavy atom. The molecule has 8 heteroatoms. The van der Waals surface area contributed by atoms with Crippen molar-refractivity contribution in [1.29, 1.82) is 0 Å². The Balaban J connectivity index is 1.37. The second-order valence-electron chi connectivity index (χ2n) is 7.32. The maximum Gasteiger partial charge on any atom is 0.276 e. The average molecular weight is 371 g/mol. The number of rotatable bonds is 5. The molecule has 2 aromatic heterocycles. The SMILES string of the molecule is O=C(c1cn(CCC2CCCCN2C(=O)c2ccoc2)nn1)N1CCCC1. The summed E-state index contributed by atoms with van der Waals surface area (Å²) < 4.78 is 6.77. The van der Waals surface area contributed by atoms with Crippen LogP contribution in [0.5, 0.6) is 0 Å². The molecule has 0 aromatic carbocycles. The van der Waals surface area contributed by atoms with Gasteiger partial charge in [0.15, 0.2) is 5.69 Å². The minimum absolute atomic E-state index is 0.0249. The summed E-state index contributed by atoms with van der Waals surface area (Å²) >= 11 is 0. The lowest BCUT2D eigenvalue weighted by Gasteiger charge is -2.35. The summed E-state index contributed by atoms with van der Waals surface area (Å²) in [5, 5.41) is 8.16. The van der Waals surface area contributed by atoms with Gasteiger partial charge in [-0.05, 0) is 44.6 Å². The molecule has 2 aromatic rings. The molecule has 144 valence electrons. The Labute approximate surface area is 158 Å². The molecule has 4 heterocycles. The zero-order valence-electron chi connectivity index (χ0n) is 15.4. The second-order valence-corrected chi connectivity index (χ2v) is 7.32. The number of carbonyl (C=O) groups excluding carboxylic acids is 2. The molecule has 2 aliphatic heterocycles. The topological polar surface area (TPSA) is 84.5 Å². The van der Waals surface area contributed by atoms with E-state index in [0.29, 0.717) is 17.8 Å². The maximum atomic E-state index is 12.7. The molecule has 0 radical (unpaired) electrons. The van der Waals surface area contributed by atoms with E-state index in [9.17, 15) is 9.59 Å². The lowest BCUT2D eigenvalue weighted by atomic mass is 9.98. The number of aromatic nitrogens is 3. The van der Waals surface area contributed by atoms with Gasteiger partial charge in [0, 0.05) is 32.2 Å². The van der Waals surface area contributed by atoms with Crippen LogP contribution >= 0.6 is 0 Å². The first kappa shape index (κ1) is 17.8. The molecular weight excluding hydrogens is 346 g/mol. The van der Waals surface area contributed by atoms with Crippen LogP contribution in [-0.2, 0) is 6.54 Å². The summed E-state index contributed by atoms with van der Waals surface area (Å²) in [7, 11) is 0. The third-order valence-corrected chi connectivity index (χ3v) is 5.50. The van der Waals surface area contributed by atoms with E-state index in [2.05, 4.69) is 10.3 Å². The van der Waals surface area contributed by atoms with E-state index >= 15 is 0 Å². The van der Waals surface area contributed by atoms with Gasteiger partial charge >= 0.3 is 0 Å². The van der Waals surface area contributed by atoms with Gasteiger partial charge < -0.3 is 14.2 Å². The standard InChI is InChI=1S/C19H25N5O3/c25-18(15-7-12-27-14-15)24-10-2-1-5-16(24)6-11-23-13-17(20-21-23)19(26)22-8-3-4-9-22/h7,12-14,16H,1-6,8-11H2. The van der Waals surface area contributed by atoms with Crippen molar-refractivity contribution in [1.82, 2.24) is 24.8 Å². The zero-order chi connectivity index (χ0) is 18.6. The van der Waals surface area contributed by atoms with E-state index in [1.807, 2.05) is 9.80 Å². The van der Waals surface area contributed by atoms with Crippen LogP contribution in [0.15, 0.2) is 29.2 Å². The van der Waals surface area contributed by atoms with Crippen LogP contribution in [0.25, 0.3) is 0 Å². The van der Waals surface area contributed by atoms with E-state index in [1.165, 1.54) is 12.5 Å². The normalized spacial score (nSPS) is 20.2. The minimum Gasteiger partial charge on any atom is -0.472 e. The number of hydrogen-bond donors (Lipinski definition) is 0. The van der Waals surface area contributed by atoms with Crippen molar-refractivity contribution in [2.45, 2.75) is 51.1 Å². The Hall–Kier alpha value is -2.64. The highest BCUT2D eigenvalue weighted by molar-refractivity contribution is 5.94. The van der Waals surface area contributed by atoms with Gasteiger partial charge in [-0.3, -0.25) is 14.3 Å². The molecule has 1 atom stereocenters. The molecule has 8 nitrogen and oxygen atoms in total. The predicted molar refractivity (Wildman–Crippen MR) is 97.2 cm³/mol. The molecule has 2 aliphatic rings. The molecule has 2 saturated heterocycles. The number of furan rings is 1. The molecule has 27 heavy (non-hydrogen) atoms. The zero-order valence-corrected chi connectivity index (χ0v) is 15.4. The maximum absolute atomic E-state index is 12.7.